The summed E-state index contributed by atoms with van der Waals surface area (Å²) in [6.45, 7) is 1.88. The highest BCUT2D eigenvalue weighted by molar-refractivity contribution is 9.10. The second-order valence-corrected chi connectivity index (χ2v) is 9.47. The summed E-state index contributed by atoms with van der Waals surface area (Å²) in [6.07, 6.45) is 6.19. The highest BCUT2D eigenvalue weighted by atomic mass is 79.9. The molecule has 2 unspecified atom stereocenters. The van der Waals surface area contributed by atoms with Crippen molar-refractivity contribution in [2.75, 3.05) is 5.32 Å². The Kier molecular flexibility index (Phi) is 3.55. The van der Waals surface area contributed by atoms with Crippen molar-refractivity contribution >= 4 is 27.5 Å². The summed E-state index contributed by atoms with van der Waals surface area (Å²) in [5.41, 5.74) is 0.416. The lowest BCUT2D eigenvalue weighted by Crippen LogP contribution is -2.60. The molecule has 0 aliphatic heterocycles. The molecule has 1 amide bonds. The molecular formula is C19H22BrN5O. The minimum Gasteiger partial charge on any atom is -0.326 e. The molecule has 4 saturated carbocycles. The summed E-state index contributed by atoms with van der Waals surface area (Å²) in [5.74, 6) is 2.03. The predicted molar refractivity (Wildman–Crippen MR) is 100 cm³/mol. The Balaban J connectivity index is 1.46. The van der Waals surface area contributed by atoms with E-state index in [1.165, 1.54) is 6.42 Å². The van der Waals surface area contributed by atoms with Crippen LogP contribution in [-0.2, 0) is 10.3 Å². The van der Waals surface area contributed by atoms with E-state index >= 15 is 0 Å². The van der Waals surface area contributed by atoms with Crippen LogP contribution in [0.15, 0.2) is 28.7 Å². The van der Waals surface area contributed by atoms with Crippen LogP contribution >= 0.6 is 15.9 Å². The minimum atomic E-state index is -0.307. The second-order valence-electron chi connectivity index (χ2n) is 8.55. The number of nitrogens with zero attached hydrogens (tertiary/aromatic N) is 4. The molecule has 2 atom stereocenters. The summed E-state index contributed by atoms with van der Waals surface area (Å²) >= 11 is 3.44. The molecule has 0 radical (unpaired) electrons. The third kappa shape index (κ3) is 2.51. The molecule has 6 rings (SSSR count). The molecule has 4 fully saturated rings. The van der Waals surface area contributed by atoms with Crippen LogP contribution in [0, 0.1) is 24.2 Å². The van der Waals surface area contributed by atoms with Gasteiger partial charge in [-0.15, -0.1) is 10.2 Å². The highest BCUT2D eigenvalue weighted by Crippen LogP contribution is 2.64. The van der Waals surface area contributed by atoms with E-state index in [0.717, 1.165) is 42.3 Å². The number of aryl methyl sites for hydroxylation is 1. The van der Waals surface area contributed by atoms with Crippen molar-refractivity contribution < 1.29 is 4.79 Å². The fourth-order valence-corrected chi connectivity index (χ4v) is 6.26. The molecule has 4 bridgehead atoms. The van der Waals surface area contributed by atoms with Crippen molar-refractivity contribution in [1.29, 1.82) is 0 Å². The van der Waals surface area contributed by atoms with Gasteiger partial charge in [0.1, 0.15) is 0 Å². The molecule has 1 heterocycles. The third-order valence-corrected chi connectivity index (χ3v) is 7.08. The van der Waals surface area contributed by atoms with E-state index in [1.807, 2.05) is 36.0 Å². The van der Waals surface area contributed by atoms with Crippen LogP contribution in [0.5, 0.6) is 0 Å². The summed E-state index contributed by atoms with van der Waals surface area (Å²) in [4.78, 5) is 15.2. The van der Waals surface area contributed by atoms with Crippen LogP contribution in [0.2, 0.25) is 0 Å². The maximum atomic E-state index is 13.3. The number of aromatic nitrogens is 4. The predicted octanol–water partition coefficient (Wildman–Crippen LogP) is 3.68. The maximum Gasteiger partial charge on any atom is 0.230 e. The second kappa shape index (κ2) is 5.62. The molecule has 1 aromatic heterocycles. The zero-order valence-corrected chi connectivity index (χ0v) is 16.4. The average Bonchev–Trinajstić information content (AvgIpc) is 3.03. The van der Waals surface area contributed by atoms with E-state index in [1.54, 1.807) is 0 Å². The Morgan fingerprint density at radius 2 is 1.88 bits per heavy atom. The molecule has 1 N–H and O–H groups in total. The monoisotopic (exact) mass is 415 g/mol. The Morgan fingerprint density at radius 1 is 1.19 bits per heavy atom. The van der Waals surface area contributed by atoms with Crippen LogP contribution < -0.4 is 5.32 Å². The van der Waals surface area contributed by atoms with Crippen molar-refractivity contribution in [3.63, 3.8) is 0 Å². The van der Waals surface area contributed by atoms with Gasteiger partial charge in [0.05, 0.1) is 11.0 Å². The van der Waals surface area contributed by atoms with Crippen molar-refractivity contribution in [1.82, 2.24) is 20.2 Å². The molecule has 0 spiro atoms. The fourth-order valence-electron chi connectivity index (χ4n) is 6.00. The van der Waals surface area contributed by atoms with Crippen molar-refractivity contribution in [3.05, 3.63) is 34.6 Å². The number of amides is 1. The summed E-state index contributed by atoms with van der Waals surface area (Å²) in [5, 5.41) is 16.1. The molecule has 4 aliphatic rings. The van der Waals surface area contributed by atoms with Gasteiger partial charge in [0.25, 0.3) is 0 Å². The number of anilines is 1. The van der Waals surface area contributed by atoms with Crippen molar-refractivity contribution in [3.8, 4) is 0 Å². The number of benzene rings is 1. The van der Waals surface area contributed by atoms with Gasteiger partial charge >= 0.3 is 0 Å². The molecular weight excluding hydrogens is 394 g/mol. The highest BCUT2D eigenvalue weighted by Gasteiger charge is 2.62. The van der Waals surface area contributed by atoms with Crippen LogP contribution in [0.25, 0.3) is 0 Å². The Morgan fingerprint density at radius 3 is 2.50 bits per heavy atom. The number of carbonyl (C=O) groups excluding carboxylic acids is 1. The first-order valence-corrected chi connectivity index (χ1v) is 10.1. The SMILES string of the molecule is Cc1nnn(C23CC4CC(CC(C(=O)Nc5ccc(Br)cc5)(C4)C2)C3)n1. The van der Waals surface area contributed by atoms with E-state index in [2.05, 4.69) is 36.7 Å². The van der Waals surface area contributed by atoms with Crippen molar-refractivity contribution in [2.24, 2.45) is 17.3 Å². The molecule has 4 aliphatic carbocycles. The number of hydrogen-bond donors (Lipinski definition) is 1. The van der Waals surface area contributed by atoms with E-state index in [9.17, 15) is 4.79 Å². The van der Waals surface area contributed by atoms with Gasteiger partial charge in [0.15, 0.2) is 5.82 Å². The normalized spacial score (nSPS) is 34.8. The summed E-state index contributed by atoms with van der Waals surface area (Å²) in [7, 11) is 0. The maximum absolute atomic E-state index is 13.3. The van der Waals surface area contributed by atoms with Crippen molar-refractivity contribution in [2.45, 2.75) is 51.0 Å². The molecule has 2 aromatic rings. The van der Waals surface area contributed by atoms with Crippen LogP contribution in [0.3, 0.4) is 0 Å². The van der Waals surface area contributed by atoms with E-state index in [-0.39, 0.29) is 16.9 Å². The van der Waals surface area contributed by atoms with Gasteiger partial charge in [-0.1, -0.05) is 15.9 Å². The van der Waals surface area contributed by atoms with Gasteiger partial charge in [0.2, 0.25) is 5.91 Å². The molecule has 26 heavy (non-hydrogen) atoms. The minimum absolute atomic E-state index is 0.137. The van der Waals surface area contributed by atoms with Gasteiger partial charge in [-0.05, 0) is 86.8 Å². The number of carbonyl (C=O) groups is 1. The van der Waals surface area contributed by atoms with E-state index < -0.39 is 0 Å². The first kappa shape index (κ1) is 16.4. The standard InChI is InChI=1S/C19H22BrN5O/c1-12-22-24-25(23-12)19-9-13-6-14(10-19)8-18(7-13,11-19)17(26)21-16-4-2-15(20)3-5-16/h2-5,13-14H,6-11H2,1H3,(H,21,26). The zero-order chi connectivity index (χ0) is 17.9. The van der Waals surface area contributed by atoms with Gasteiger partial charge in [0, 0.05) is 10.2 Å². The zero-order valence-electron chi connectivity index (χ0n) is 14.8. The fraction of sp³-hybridized carbons (Fsp3) is 0.579. The largest absolute Gasteiger partial charge is 0.326 e. The number of rotatable bonds is 3. The molecule has 6 nitrogen and oxygen atoms in total. The first-order chi connectivity index (χ1) is 12.5. The Labute approximate surface area is 160 Å². The van der Waals surface area contributed by atoms with Gasteiger partial charge in [-0.25, -0.2) is 0 Å². The lowest BCUT2D eigenvalue weighted by atomic mass is 9.46. The lowest BCUT2D eigenvalue weighted by Gasteiger charge is -2.60. The van der Waals surface area contributed by atoms with Gasteiger partial charge < -0.3 is 5.32 Å². The average molecular weight is 416 g/mol. The molecule has 0 saturated heterocycles. The number of halogens is 1. The molecule has 1 aromatic carbocycles. The Hall–Kier alpha value is -1.76. The van der Waals surface area contributed by atoms with Crippen LogP contribution in [0.4, 0.5) is 5.69 Å². The molecule has 7 heteroatoms. The topological polar surface area (TPSA) is 72.7 Å². The lowest BCUT2D eigenvalue weighted by molar-refractivity contribution is -0.152. The third-order valence-electron chi connectivity index (χ3n) is 6.55. The van der Waals surface area contributed by atoms with Crippen LogP contribution in [0.1, 0.15) is 44.3 Å². The number of tetrazole rings is 1. The summed E-state index contributed by atoms with van der Waals surface area (Å²) < 4.78 is 1.01. The molecule has 136 valence electrons. The first-order valence-electron chi connectivity index (χ1n) is 9.31. The Bertz CT molecular complexity index is 847. The van der Waals surface area contributed by atoms with E-state index in [4.69, 9.17) is 0 Å². The van der Waals surface area contributed by atoms with E-state index in [0.29, 0.717) is 17.7 Å². The van der Waals surface area contributed by atoms with Crippen LogP contribution in [-0.4, -0.2) is 26.1 Å². The quantitative estimate of drug-likeness (QED) is 0.829. The number of nitrogens with one attached hydrogen (secondary N) is 1. The summed E-state index contributed by atoms with van der Waals surface area (Å²) in [6, 6.07) is 7.80. The number of hydrogen-bond acceptors (Lipinski definition) is 4. The smallest absolute Gasteiger partial charge is 0.230 e. The van der Waals surface area contributed by atoms with Gasteiger partial charge in [-0.3, -0.25) is 4.79 Å². The van der Waals surface area contributed by atoms with Gasteiger partial charge in [-0.2, -0.15) is 4.80 Å².